The number of nitro groups is 1. The van der Waals surface area contributed by atoms with Gasteiger partial charge in [-0.2, -0.15) is 0 Å². The van der Waals surface area contributed by atoms with Crippen molar-refractivity contribution in [2.45, 2.75) is 18.9 Å². The first-order chi connectivity index (χ1) is 9.65. The average molecular weight is 270 g/mol. The van der Waals surface area contributed by atoms with Gasteiger partial charge in [-0.3, -0.25) is 10.1 Å². The molecule has 0 heterocycles. The number of para-hydroxylation sites is 1. The first-order valence-electron chi connectivity index (χ1n) is 6.41. The molecule has 0 fully saturated rings. The third-order valence-corrected chi connectivity index (χ3v) is 3.55. The lowest BCUT2D eigenvalue weighted by Crippen LogP contribution is -2.17. The Bertz CT molecular complexity index is 645. The lowest BCUT2D eigenvalue weighted by molar-refractivity contribution is -0.384. The molecule has 0 spiro atoms. The van der Waals surface area contributed by atoms with Crippen LogP contribution in [-0.4, -0.2) is 11.0 Å². The molecule has 2 aromatic rings. The molecule has 102 valence electrons. The smallest absolute Gasteiger partial charge is 0.295 e. The molecule has 2 N–H and O–H groups in total. The third kappa shape index (κ3) is 2.18. The van der Waals surface area contributed by atoms with Crippen LogP contribution in [0.5, 0.6) is 5.75 Å². The summed E-state index contributed by atoms with van der Waals surface area (Å²) in [5.74, 6) is 0.386. The Morgan fingerprint density at radius 1 is 1.10 bits per heavy atom. The van der Waals surface area contributed by atoms with Gasteiger partial charge < -0.3 is 10.5 Å². The Hall–Kier alpha value is -2.56. The Labute approximate surface area is 116 Å². The number of nitrogens with zero attached hydrogens (tertiary/aromatic N) is 1. The highest BCUT2D eigenvalue weighted by molar-refractivity contribution is 5.66. The molecule has 20 heavy (non-hydrogen) atoms. The highest BCUT2D eigenvalue weighted by Gasteiger charge is 2.24. The minimum Gasteiger partial charge on any atom is -0.487 e. The minimum absolute atomic E-state index is 0.0169. The maximum Gasteiger partial charge on any atom is 0.295 e. The van der Waals surface area contributed by atoms with Gasteiger partial charge in [-0.25, -0.2) is 0 Å². The van der Waals surface area contributed by atoms with Gasteiger partial charge in [0.15, 0.2) is 5.69 Å². The SMILES string of the molecule is Nc1c(OC2Cc3ccccc3C2)cccc1[N+](=O)[O-]. The van der Waals surface area contributed by atoms with Gasteiger partial charge >= 0.3 is 0 Å². The number of benzene rings is 2. The van der Waals surface area contributed by atoms with E-state index in [1.165, 1.54) is 17.2 Å². The van der Waals surface area contributed by atoms with E-state index in [2.05, 4.69) is 12.1 Å². The van der Waals surface area contributed by atoms with Crippen molar-refractivity contribution in [2.75, 3.05) is 5.73 Å². The summed E-state index contributed by atoms with van der Waals surface area (Å²) in [5, 5.41) is 10.9. The number of anilines is 1. The summed E-state index contributed by atoms with van der Waals surface area (Å²) in [4.78, 5) is 10.4. The molecule has 1 aliphatic carbocycles. The molecule has 0 atom stereocenters. The van der Waals surface area contributed by atoms with Crippen LogP contribution in [0.25, 0.3) is 0 Å². The van der Waals surface area contributed by atoms with Gasteiger partial charge in [0, 0.05) is 18.9 Å². The topological polar surface area (TPSA) is 78.4 Å². The second-order valence-corrected chi connectivity index (χ2v) is 4.86. The molecule has 0 saturated carbocycles. The summed E-state index contributed by atoms with van der Waals surface area (Å²) >= 11 is 0. The molecule has 5 nitrogen and oxygen atoms in total. The molecule has 0 aliphatic heterocycles. The molecule has 2 aromatic carbocycles. The fraction of sp³-hybridized carbons (Fsp3) is 0.200. The Kier molecular flexibility index (Phi) is 3.02. The van der Waals surface area contributed by atoms with Crippen molar-refractivity contribution in [3.63, 3.8) is 0 Å². The van der Waals surface area contributed by atoms with Crippen molar-refractivity contribution in [1.29, 1.82) is 0 Å². The first kappa shape index (κ1) is 12.5. The van der Waals surface area contributed by atoms with E-state index in [4.69, 9.17) is 10.5 Å². The maximum absolute atomic E-state index is 10.9. The second-order valence-electron chi connectivity index (χ2n) is 4.86. The summed E-state index contributed by atoms with van der Waals surface area (Å²) < 4.78 is 5.85. The number of rotatable bonds is 3. The van der Waals surface area contributed by atoms with Crippen LogP contribution >= 0.6 is 0 Å². The summed E-state index contributed by atoms with van der Waals surface area (Å²) in [6, 6.07) is 12.8. The normalized spacial score (nSPS) is 14.0. The Balaban J connectivity index is 1.81. The summed E-state index contributed by atoms with van der Waals surface area (Å²) in [7, 11) is 0. The lowest BCUT2D eigenvalue weighted by Gasteiger charge is -2.14. The molecule has 3 rings (SSSR count). The number of nitrogen functional groups attached to an aromatic ring is 1. The second kappa shape index (κ2) is 4.85. The molecule has 0 aromatic heterocycles. The first-order valence-corrected chi connectivity index (χ1v) is 6.41. The minimum atomic E-state index is -0.494. The number of nitro benzene ring substituents is 1. The van der Waals surface area contributed by atoms with E-state index in [0.717, 1.165) is 12.8 Å². The van der Waals surface area contributed by atoms with E-state index in [1.54, 1.807) is 12.1 Å². The van der Waals surface area contributed by atoms with Crippen LogP contribution in [0.1, 0.15) is 11.1 Å². The molecule has 0 radical (unpaired) electrons. The number of nitrogens with two attached hydrogens (primary N) is 1. The van der Waals surface area contributed by atoms with Gasteiger partial charge in [-0.05, 0) is 17.2 Å². The summed E-state index contributed by atoms with van der Waals surface area (Å²) in [6.07, 6.45) is 1.59. The summed E-state index contributed by atoms with van der Waals surface area (Å²) in [5.41, 5.74) is 8.31. The van der Waals surface area contributed by atoms with E-state index >= 15 is 0 Å². The van der Waals surface area contributed by atoms with E-state index in [-0.39, 0.29) is 17.5 Å². The average Bonchev–Trinajstić information content (AvgIpc) is 2.83. The predicted molar refractivity (Wildman–Crippen MR) is 75.8 cm³/mol. The number of hydrogen-bond acceptors (Lipinski definition) is 4. The van der Waals surface area contributed by atoms with Crippen molar-refractivity contribution < 1.29 is 9.66 Å². The maximum atomic E-state index is 10.9. The van der Waals surface area contributed by atoms with Gasteiger partial charge in [0.25, 0.3) is 5.69 Å². The van der Waals surface area contributed by atoms with Crippen LogP contribution < -0.4 is 10.5 Å². The Morgan fingerprint density at radius 2 is 1.75 bits per heavy atom. The Morgan fingerprint density at radius 3 is 2.35 bits per heavy atom. The van der Waals surface area contributed by atoms with Crippen LogP contribution in [0.15, 0.2) is 42.5 Å². The third-order valence-electron chi connectivity index (χ3n) is 3.55. The molecule has 1 aliphatic rings. The van der Waals surface area contributed by atoms with Gasteiger partial charge in [-0.15, -0.1) is 0 Å². The standard InChI is InChI=1S/C15H14N2O3/c16-15-13(17(18)19)6-3-7-14(15)20-12-8-10-4-1-2-5-11(10)9-12/h1-7,12H,8-9,16H2. The fourth-order valence-corrected chi connectivity index (χ4v) is 2.58. The fourth-order valence-electron chi connectivity index (χ4n) is 2.58. The molecule has 0 bridgehead atoms. The monoisotopic (exact) mass is 270 g/mol. The zero-order valence-corrected chi connectivity index (χ0v) is 10.8. The van der Waals surface area contributed by atoms with Gasteiger partial charge in [0.2, 0.25) is 0 Å². The van der Waals surface area contributed by atoms with Crippen LogP contribution in [0, 0.1) is 10.1 Å². The van der Waals surface area contributed by atoms with Crippen molar-refractivity contribution in [2.24, 2.45) is 0 Å². The number of fused-ring (bicyclic) bond motifs is 1. The largest absolute Gasteiger partial charge is 0.487 e. The predicted octanol–water partition coefficient (Wildman–Crippen LogP) is 2.72. The van der Waals surface area contributed by atoms with Crippen molar-refractivity contribution in [1.82, 2.24) is 0 Å². The van der Waals surface area contributed by atoms with Crippen LogP contribution in [0.3, 0.4) is 0 Å². The van der Waals surface area contributed by atoms with Crippen LogP contribution in [0.2, 0.25) is 0 Å². The molecule has 0 amide bonds. The zero-order chi connectivity index (χ0) is 14.1. The number of ether oxygens (including phenoxy) is 1. The highest BCUT2D eigenvalue weighted by Crippen LogP contribution is 2.33. The molecule has 0 saturated heterocycles. The van der Waals surface area contributed by atoms with E-state index in [9.17, 15) is 10.1 Å². The number of hydrogen-bond donors (Lipinski definition) is 1. The molecular weight excluding hydrogens is 256 g/mol. The molecular formula is C15H14N2O3. The van der Waals surface area contributed by atoms with Crippen molar-refractivity contribution >= 4 is 11.4 Å². The quantitative estimate of drug-likeness (QED) is 0.528. The highest BCUT2D eigenvalue weighted by atomic mass is 16.6. The lowest BCUT2D eigenvalue weighted by atomic mass is 10.1. The van der Waals surface area contributed by atoms with Gasteiger partial charge in [0.05, 0.1) is 4.92 Å². The van der Waals surface area contributed by atoms with Crippen molar-refractivity contribution in [3.05, 3.63) is 63.7 Å². The molecule has 0 unspecified atom stereocenters. The zero-order valence-electron chi connectivity index (χ0n) is 10.8. The van der Waals surface area contributed by atoms with Crippen molar-refractivity contribution in [3.8, 4) is 5.75 Å². The van der Waals surface area contributed by atoms with E-state index < -0.39 is 4.92 Å². The van der Waals surface area contributed by atoms with E-state index in [0.29, 0.717) is 5.75 Å². The van der Waals surface area contributed by atoms with Gasteiger partial charge in [0.1, 0.15) is 11.9 Å². The van der Waals surface area contributed by atoms with Gasteiger partial charge in [-0.1, -0.05) is 30.3 Å². The summed E-state index contributed by atoms with van der Waals surface area (Å²) in [6.45, 7) is 0. The van der Waals surface area contributed by atoms with Crippen LogP contribution in [-0.2, 0) is 12.8 Å². The molecule has 5 heteroatoms. The van der Waals surface area contributed by atoms with E-state index in [1.807, 2.05) is 12.1 Å². The van der Waals surface area contributed by atoms with Crippen LogP contribution in [0.4, 0.5) is 11.4 Å².